The number of aromatic nitrogens is 1. The standard InChI is InChI=1S/C10H11NO2/c12-10(13)8-5-1-3-7-4-2-6-11-9(7)8/h2,4,6,8H,1,3,5H2,(H,12,13)/t8-/m1/s1. The monoisotopic (exact) mass is 177 g/mol. The van der Waals surface area contributed by atoms with E-state index in [2.05, 4.69) is 4.98 Å². The first-order chi connectivity index (χ1) is 6.29. The molecule has 1 aliphatic carbocycles. The molecule has 1 aromatic heterocycles. The molecule has 1 aromatic rings. The molecule has 1 heterocycles. The van der Waals surface area contributed by atoms with Gasteiger partial charge in [-0.3, -0.25) is 9.78 Å². The van der Waals surface area contributed by atoms with Crippen LogP contribution in [0.3, 0.4) is 0 Å². The van der Waals surface area contributed by atoms with Gasteiger partial charge in [-0.25, -0.2) is 0 Å². The summed E-state index contributed by atoms with van der Waals surface area (Å²) in [7, 11) is 0. The molecule has 0 amide bonds. The number of aliphatic carboxylic acids is 1. The average Bonchev–Trinajstić information content (AvgIpc) is 2.17. The molecule has 0 radical (unpaired) electrons. The molecule has 1 atom stereocenters. The zero-order valence-electron chi connectivity index (χ0n) is 7.23. The number of rotatable bonds is 1. The maximum atomic E-state index is 10.9. The van der Waals surface area contributed by atoms with Crippen molar-refractivity contribution in [3.63, 3.8) is 0 Å². The number of fused-ring (bicyclic) bond motifs is 1. The highest BCUT2D eigenvalue weighted by Gasteiger charge is 2.26. The second-order valence-corrected chi connectivity index (χ2v) is 3.33. The lowest BCUT2D eigenvalue weighted by molar-refractivity contribution is -0.139. The third kappa shape index (κ3) is 1.41. The molecule has 0 aromatic carbocycles. The SMILES string of the molecule is O=C(O)[C@@H]1CCCc2cccnc21. The van der Waals surface area contributed by atoms with Gasteiger partial charge in [0.15, 0.2) is 0 Å². The van der Waals surface area contributed by atoms with Gasteiger partial charge in [0, 0.05) is 6.20 Å². The molecule has 1 N–H and O–H groups in total. The molecule has 13 heavy (non-hydrogen) atoms. The fraction of sp³-hybridized carbons (Fsp3) is 0.400. The zero-order valence-corrected chi connectivity index (χ0v) is 7.23. The number of nitrogens with zero attached hydrogens (tertiary/aromatic N) is 1. The molecule has 0 aliphatic heterocycles. The van der Waals surface area contributed by atoms with Gasteiger partial charge in [0.1, 0.15) is 0 Å². The zero-order chi connectivity index (χ0) is 9.26. The van der Waals surface area contributed by atoms with E-state index in [4.69, 9.17) is 5.11 Å². The first-order valence-corrected chi connectivity index (χ1v) is 4.45. The van der Waals surface area contributed by atoms with Crippen molar-refractivity contribution in [2.45, 2.75) is 25.2 Å². The van der Waals surface area contributed by atoms with E-state index in [-0.39, 0.29) is 5.92 Å². The highest BCUT2D eigenvalue weighted by molar-refractivity contribution is 5.76. The van der Waals surface area contributed by atoms with E-state index < -0.39 is 5.97 Å². The lowest BCUT2D eigenvalue weighted by atomic mass is 9.87. The van der Waals surface area contributed by atoms with Crippen LogP contribution in [0.1, 0.15) is 30.0 Å². The minimum atomic E-state index is -0.750. The summed E-state index contributed by atoms with van der Waals surface area (Å²) in [6.45, 7) is 0. The summed E-state index contributed by atoms with van der Waals surface area (Å²) in [5.74, 6) is -1.13. The predicted molar refractivity (Wildman–Crippen MR) is 47.6 cm³/mol. The lowest BCUT2D eigenvalue weighted by Gasteiger charge is -2.20. The van der Waals surface area contributed by atoms with Crippen LogP contribution >= 0.6 is 0 Å². The van der Waals surface area contributed by atoms with Crippen molar-refractivity contribution in [2.24, 2.45) is 0 Å². The predicted octanol–water partition coefficient (Wildman–Crippen LogP) is 1.59. The molecular formula is C10H11NO2. The Morgan fingerprint density at radius 2 is 2.46 bits per heavy atom. The molecule has 0 saturated carbocycles. The van der Waals surface area contributed by atoms with Crippen molar-refractivity contribution in [3.05, 3.63) is 29.6 Å². The minimum absolute atomic E-state index is 0.384. The van der Waals surface area contributed by atoms with Crippen LogP contribution < -0.4 is 0 Å². The highest BCUT2D eigenvalue weighted by Crippen LogP contribution is 2.29. The quantitative estimate of drug-likeness (QED) is 0.708. The molecule has 68 valence electrons. The Hall–Kier alpha value is -1.38. The summed E-state index contributed by atoms with van der Waals surface area (Å²) in [6, 6.07) is 3.83. The molecule has 0 bridgehead atoms. The first kappa shape index (κ1) is 8.23. The fourth-order valence-corrected chi connectivity index (χ4v) is 1.85. The van der Waals surface area contributed by atoms with Crippen molar-refractivity contribution in [1.82, 2.24) is 4.98 Å². The third-order valence-corrected chi connectivity index (χ3v) is 2.49. The van der Waals surface area contributed by atoms with Crippen molar-refractivity contribution in [3.8, 4) is 0 Å². The Kier molecular flexibility index (Phi) is 2.00. The molecule has 3 heteroatoms. The lowest BCUT2D eigenvalue weighted by Crippen LogP contribution is -2.19. The van der Waals surface area contributed by atoms with E-state index in [0.29, 0.717) is 0 Å². The summed E-state index contributed by atoms with van der Waals surface area (Å²) in [6.07, 6.45) is 4.31. The Morgan fingerprint density at radius 3 is 3.23 bits per heavy atom. The molecule has 0 spiro atoms. The van der Waals surface area contributed by atoms with Crippen LogP contribution in [0.4, 0.5) is 0 Å². The summed E-state index contributed by atoms with van der Waals surface area (Å²) in [5.41, 5.74) is 1.86. The van der Waals surface area contributed by atoms with Gasteiger partial charge in [0.05, 0.1) is 11.6 Å². The average molecular weight is 177 g/mol. The molecular weight excluding hydrogens is 166 g/mol. The number of carboxylic acids is 1. The van der Waals surface area contributed by atoms with Crippen LogP contribution in [0.2, 0.25) is 0 Å². The van der Waals surface area contributed by atoms with Crippen molar-refractivity contribution in [2.75, 3.05) is 0 Å². The second kappa shape index (κ2) is 3.17. The van der Waals surface area contributed by atoms with Gasteiger partial charge in [-0.15, -0.1) is 0 Å². The fourth-order valence-electron chi connectivity index (χ4n) is 1.85. The van der Waals surface area contributed by atoms with E-state index in [0.717, 1.165) is 30.5 Å². The first-order valence-electron chi connectivity index (χ1n) is 4.45. The number of pyridine rings is 1. The van der Waals surface area contributed by atoms with Gasteiger partial charge in [0.2, 0.25) is 0 Å². The van der Waals surface area contributed by atoms with Crippen LogP contribution in [-0.2, 0) is 11.2 Å². The van der Waals surface area contributed by atoms with E-state index in [9.17, 15) is 4.79 Å². The molecule has 3 nitrogen and oxygen atoms in total. The molecule has 0 fully saturated rings. The maximum absolute atomic E-state index is 10.9. The second-order valence-electron chi connectivity index (χ2n) is 3.33. The Bertz CT molecular complexity index is 335. The number of carboxylic acid groups (broad SMARTS) is 1. The smallest absolute Gasteiger partial charge is 0.312 e. The van der Waals surface area contributed by atoms with E-state index >= 15 is 0 Å². The van der Waals surface area contributed by atoms with Crippen molar-refractivity contribution < 1.29 is 9.90 Å². The van der Waals surface area contributed by atoms with Gasteiger partial charge in [-0.05, 0) is 30.9 Å². The summed E-state index contributed by atoms with van der Waals surface area (Å²) >= 11 is 0. The topological polar surface area (TPSA) is 50.2 Å². The minimum Gasteiger partial charge on any atom is -0.481 e. The molecule has 0 unspecified atom stereocenters. The largest absolute Gasteiger partial charge is 0.481 e. The van der Waals surface area contributed by atoms with Crippen LogP contribution in [0, 0.1) is 0 Å². The van der Waals surface area contributed by atoms with E-state index in [1.807, 2.05) is 12.1 Å². The number of hydrogen-bond acceptors (Lipinski definition) is 2. The normalized spacial score (nSPS) is 20.8. The highest BCUT2D eigenvalue weighted by atomic mass is 16.4. The van der Waals surface area contributed by atoms with Crippen molar-refractivity contribution in [1.29, 1.82) is 0 Å². The Morgan fingerprint density at radius 1 is 1.62 bits per heavy atom. The van der Waals surface area contributed by atoms with Gasteiger partial charge in [0.25, 0.3) is 0 Å². The van der Waals surface area contributed by atoms with Crippen LogP contribution in [0.5, 0.6) is 0 Å². The number of hydrogen-bond donors (Lipinski definition) is 1. The molecule has 0 saturated heterocycles. The summed E-state index contributed by atoms with van der Waals surface area (Å²) < 4.78 is 0. The van der Waals surface area contributed by atoms with Gasteiger partial charge in [-0.1, -0.05) is 6.07 Å². The number of carbonyl (C=O) groups is 1. The summed E-state index contributed by atoms with van der Waals surface area (Å²) in [5, 5.41) is 8.95. The van der Waals surface area contributed by atoms with Gasteiger partial charge in [-0.2, -0.15) is 0 Å². The maximum Gasteiger partial charge on any atom is 0.312 e. The van der Waals surface area contributed by atoms with E-state index in [1.165, 1.54) is 0 Å². The van der Waals surface area contributed by atoms with Gasteiger partial charge >= 0.3 is 5.97 Å². The van der Waals surface area contributed by atoms with Crippen LogP contribution in [0.15, 0.2) is 18.3 Å². The van der Waals surface area contributed by atoms with E-state index in [1.54, 1.807) is 6.20 Å². The summed E-state index contributed by atoms with van der Waals surface area (Å²) in [4.78, 5) is 15.0. The van der Waals surface area contributed by atoms with Crippen LogP contribution in [0.25, 0.3) is 0 Å². The Labute approximate surface area is 76.4 Å². The molecule has 1 aliphatic rings. The third-order valence-electron chi connectivity index (χ3n) is 2.49. The number of aryl methyl sites for hydroxylation is 1. The van der Waals surface area contributed by atoms with Crippen LogP contribution in [-0.4, -0.2) is 16.1 Å². The van der Waals surface area contributed by atoms with Crippen molar-refractivity contribution >= 4 is 5.97 Å². The molecule has 2 rings (SSSR count). The Balaban J connectivity index is 2.42. The van der Waals surface area contributed by atoms with Gasteiger partial charge < -0.3 is 5.11 Å².